The summed E-state index contributed by atoms with van der Waals surface area (Å²) >= 11 is 0. The molecule has 0 aromatic heterocycles. The van der Waals surface area contributed by atoms with Crippen molar-refractivity contribution in [3.63, 3.8) is 0 Å². The van der Waals surface area contributed by atoms with Crippen molar-refractivity contribution in [2.45, 2.75) is 39.7 Å². The highest BCUT2D eigenvalue weighted by molar-refractivity contribution is 5.67. The Kier molecular flexibility index (Phi) is 9.07. The van der Waals surface area contributed by atoms with Gasteiger partial charge in [-0.25, -0.2) is 4.79 Å². The van der Waals surface area contributed by atoms with Crippen LogP contribution in [0.4, 0.5) is 4.79 Å². The van der Waals surface area contributed by atoms with Crippen LogP contribution in [0, 0.1) is 23.7 Å². The summed E-state index contributed by atoms with van der Waals surface area (Å²) < 4.78 is 9.63. The Hall–Kier alpha value is -1.34. The molecule has 1 rings (SSSR count). The van der Waals surface area contributed by atoms with E-state index in [1.807, 2.05) is 7.05 Å². The molecular weight excluding hydrogens is 312 g/mol. The van der Waals surface area contributed by atoms with Gasteiger partial charge in [0, 0.05) is 13.5 Å². The lowest BCUT2D eigenvalue weighted by molar-refractivity contribution is -0.144. The average molecular weight is 344 g/mol. The van der Waals surface area contributed by atoms with E-state index in [0.717, 1.165) is 13.0 Å². The Labute approximate surface area is 144 Å². The topological polar surface area (TPSA) is 96.9 Å². The van der Waals surface area contributed by atoms with Crippen molar-refractivity contribution < 1.29 is 24.2 Å². The molecule has 7 nitrogen and oxygen atoms in total. The lowest BCUT2D eigenvalue weighted by atomic mass is 9.68. The van der Waals surface area contributed by atoms with Crippen LogP contribution in [-0.4, -0.2) is 56.6 Å². The zero-order valence-electron chi connectivity index (χ0n) is 15.2. The Bertz CT molecular complexity index is 404. The molecular formula is C17H32N2O5. The quantitative estimate of drug-likeness (QED) is 0.572. The number of carbonyl (C=O) groups is 2. The van der Waals surface area contributed by atoms with E-state index in [2.05, 4.69) is 29.2 Å². The van der Waals surface area contributed by atoms with Gasteiger partial charge in [-0.15, -0.1) is 0 Å². The molecule has 3 N–H and O–H groups in total. The van der Waals surface area contributed by atoms with Gasteiger partial charge in [0.05, 0.1) is 0 Å². The van der Waals surface area contributed by atoms with E-state index in [1.165, 1.54) is 13.3 Å². The maximum absolute atomic E-state index is 11.8. The van der Waals surface area contributed by atoms with Crippen molar-refractivity contribution in [1.82, 2.24) is 10.6 Å². The van der Waals surface area contributed by atoms with Gasteiger partial charge < -0.3 is 25.2 Å². The van der Waals surface area contributed by atoms with Crippen molar-refractivity contribution in [2.75, 3.05) is 33.4 Å². The van der Waals surface area contributed by atoms with Crippen LogP contribution in [0.1, 0.15) is 33.6 Å². The Morgan fingerprint density at radius 1 is 1.17 bits per heavy atom. The first kappa shape index (κ1) is 20.7. The zero-order valence-corrected chi connectivity index (χ0v) is 15.2. The molecule has 0 bridgehead atoms. The van der Waals surface area contributed by atoms with Crippen LogP contribution < -0.4 is 10.6 Å². The molecule has 1 fully saturated rings. The number of carbonyl (C=O) groups excluding carboxylic acids is 2. The summed E-state index contributed by atoms with van der Waals surface area (Å²) in [7, 11) is 1.95. The molecule has 1 saturated carbocycles. The van der Waals surface area contributed by atoms with Crippen molar-refractivity contribution in [2.24, 2.45) is 23.7 Å². The van der Waals surface area contributed by atoms with Crippen LogP contribution in [0.15, 0.2) is 0 Å². The van der Waals surface area contributed by atoms with Crippen LogP contribution in [0.25, 0.3) is 0 Å². The number of rotatable bonds is 8. The summed E-state index contributed by atoms with van der Waals surface area (Å²) in [5.41, 5.74) is 0. The van der Waals surface area contributed by atoms with E-state index in [0.29, 0.717) is 30.2 Å². The molecule has 0 saturated heterocycles. The van der Waals surface area contributed by atoms with E-state index in [-0.39, 0.29) is 13.2 Å². The largest absolute Gasteiger partial charge is 0.463 e. The van der Waals surface area contributed by atoms with Crippen LogP contribution >= 0.6 is 0 Å². The number of aliphatic hydroxyl groups excluding tert-OH is 1. The predicted molar refractivity (Wildman–Crippen MR) is 90.5 cm³/mol. The molecule has 7 heteroatoms. The van der Waals surface area contributed by atoms with Gasteiger partial charge in [-0.3, -0.25) is 4.79 Å². The average Bonchev–Trinajstić information content (AvgIpc) is 2.54. The fourth-order valence-corrected chi connectivity index (χ4v) is 3.36. The summed E-state index contributed by atoms with van der Waals surface area (Å²) in [6, 6.07) is 0. The van der Waals surface area contributed by atoms with Crippen molar-refractivity contribution in [3.05, 3.63) is 0 Å². The second-order valence-corrected chi connectivity index (χ2v) is 6.83. The van der Waals surface area contributed by atoms with Crippen molar-refractivity contribution in [1.29, 1.82) is 0 Å². The van der Waals surface area contributed by atoms with Crippen LogP contribution in [0.3, 0.4) is 0 Å². The summed E-state index contributed by atoms with van der Waals surface area (Å²) in [6.07, 6.45) is 0.821. The molecule has 24 heavy (non-hydrogen) atoms. The van der Waals surface area contributed by atoms with Crippen molar-refractivity contribution >= 4 is 12.1 Å². The third-order valence-corrected chi connectivity index (χ3v) is 5.01. The Morgan fingerprint density at radius 3 is 2.46 bits per heavy atom. The van der Waals surface area contributed by atoms with Crippen LogP contribution in [-0.2, 0) is 14.3 Å². The standard InChI is InChI=1S/C17H32N2O5/c1-11-5-6-14(7-18-4)16(12(11)2)8-19-17(22)24-10-15(21)9-23-13(3)20/h11-12,14-16,18,21H,5-10H2,1-4H3,(H,19,22). The minimum atomic E-state index is -1.01. The van der Waals surface area contributed by atoms with Crippen molar-refractivity contribution in [3.8, 4) is 0 Å². The molecule has 1 aliphatic carbocycles. The number of aliphatic hydroxyl groups is 1. The van der Waals surface area contributed by atoms with Gasteiger partial charge in [-0.1, -0.05) is 20.3 Å². The normalized spacial score (nSPS) is 28.0. The molecule has 0 spiro atoms. The highest BCUT2D eigenvalue weighted by Gasteiger charge is 2.34. The SMILES string of the molecule is CNCC1CCC(C)C(C)C1CNC(=O)OCC(O)COC(C)=O. The number of hydrogen-bond donors (Lipinski definition) is 3. The lowest BCUT2D eigenvalue weighted by Crippen LogP contribution is -2.43. The number of amides is 1. The maximum atomic E-state index is 11.8. The third kappa shape index (κ3) is 7.05. The number of esters is 1. The Morgan fingerprint density at radius 2 is 1.83 bits per heavy atom. The highest BCUT2D eigenvalue weighted by Crippen LogP contribution is 2.37. The monoisotopic (exact) mass is 344 g/mol. The van der Waals surface area contributed by atoms with Crippen LogP contribution in [0.5, 0.6) is 0 Å². The molecule has 5 atom stereocenters. The molecule has 0 heterocycles. The molecule has 0 radical (unpaired) electrons. The third-order valence-electron chi connectivity index (χ3n) is 5.01. The van der Waals surface area contributed by atoms with Gasteiger partial charge in [0.2, 0.25) is 0 Å². The number of nitrogens with one attached hydrogen (secondary N) is 2. The molecule has 0 aromatic carbocycles. The van der Waals surface area contributed by atoms with Gasteiger partial charge >= 0.3 is 12.1 Å². The van der Waals surface area contributed by atoms with Gasteiger partial charge in [0.15, 0.2) is 0 Å². The number of alkyl carbamates (subject to hydrolysis) is 1. The first-order chi connectivity index (χ1) is 11.3. The van der Waals surface area contributed by atoms with E-state index >= 15 is 0 Å². The number of ether oxygens (including phenoxy) is 2. The van der Waals surface area contributed by atoms with E-state index in [4.69, 9.17) is 4.74 Å². The molecule has 5 unspecified atom stereocenters. The second-order valence-electron chi connectivity index (χ2n) is 6.83. The smallest absolute Gasteiger partial charge is 0.407 e. The highest BCUT2D eigenvalue weighted by atomic mass is 16.6. The fraction of sp³-hybridized carbons (Fsp3) is 0.882. The van der Waals surface area contributed by atoms with E-state index in [1.54, 1.807) is 0 Å². The summed E-state index contributed by atoms with van der Waals surface area (Å²) in [4.78, 5) is 22.5. The first-order valence-corrected chi connectivity index (χ1v) is 8.71. The van der Waals surface area contributed by atoms with Gasteiger partial charge in [-0.05, 0) is 43.7 Å². The summed E-state index contributed by atoms with van der Waals surface area (Å²) in [5.74, 6) is 1.64. The van der Waals surface area contributed by atoms with Crippen LogP contribution in [0.2, 0.25) is 0 Å². The van der Waals surface area contributed by atoms with Gasteiger partial charge in [-0.2, -0.15) is 0 Å². The maximum Gasteiger partial charge on any atom is 0.407 e. The fourth-order valence-electron chi connectivity index (χ4n) is 3.36. The minimum absolute atomic E-state index is 0.177. The molecule has 1 amide bonds. The molecule has 0 aliphatic heterocycles. The minimum Gasteiger partial charge on any atom is -0.463 e. The summed E-state index contributed by atoms with van der Waals surface area (Å²) in [5, 5.41) is 15.6. The van der Waals surface area contributed by atoms with Gasteiger partial charge in [0.25, 0.3) is 0 Å². The first-order valence-electron chi connectivity index (χ1n) is 8.71. The second kappa shape index (κ2) is 10.5. The Balaban J connectivity index is 2.36. The zero-order chi connectivity index (χ0) is 18.1. The van der Waals surface area contributed by atoms with E-state index < -0.39 is 18.2 Å². The number of hydrogen-bond acceptors (Lipinski definition) is 6. The predicted octanol–water partition coefficient (Wildman–Crippen LogP) is 1.15. The summed E-state index contributed by atoms with van der Waals surface area (Å²) in [6.45, 7) is 6.90. The lowest BCUT2D eigenvalue weighted by Gasteiger charge is -2.40. The van der Waals surface area contributed by atoms with Gasteiger partial charge in [0.1, 0.15) is 19.3 Å². The molecule has 0 aromatic rings. The molecule has 140 valence electrons. The van der Waals surface area contributed by atoms with E-state index in [9.17, 15) is 14.7 Å². The molecule has 1 aliphatic rings.